The summed E-state index contributed by atoms with van der Waals surface area (Å²) in [5.41, 5.74) is 0.947. The van der Waals surface area contributed by atoms with Gasteiger partial charge < -0.3 is 14.7 Å². The van der Waals surface area contributed by atoms with Gasteiger partial charge in [0.05, 0.1) is 18.1 Å². The average Bonchev–Trinajstić information content (AvgIpc) is 2.83. The largest absolute Gasteiger partial charge is 0.490 e. The third kappa shape index (κ3) is 3.92. The third-order valence-electron chi connectivity index (χ3n) is 4.06. The first kappa shape index (κ1) is 15.7. The van der Waals surface area contributed by atoms with Gasteiger partial charge in [0.15, 0.2) is 5.75 Å². The van der Waals surface area contributed by atoms with Crippen molar-refractivity contribution >= 4 is 5.69 Å². The second-order valence-corrected chi connectivity index (χ2v) is 5.72. The Kier molecular flexibility index (Phi) is 5.14. The Morgan fingerprint density at radius 3 is 2.81 bits per heavy atom. The average molecular weight is 294 g/mol. The molecule has 0 saturated heterocycles. The summed E-state index contributed by atoms with van der Waals surface area (Å²) in [7, 11) is 3.43. The van der Waals surface area contributed by atoms with Crippen LogP contribution in [0.1, 0.15) is 24.8 Å². The quantitative estimate of drug-likeness (QED) is 0.643. The van der Waals surface area contributed by atoms with Gasteiger partial charge in [-0.2, -0.15) is 0 Å². The van der Waals surface area contributed by atoms with Gasteiger partial charge in [-0.15, -0.1) is 0 Å². The van der Waals surface area contributed by atoms with Gasteiger partial charge in [0, 0.05) is 19.2 Å². The Labute approximate surface area is 124 Å². The van der Waals surface area contributed by atoms with Crippen molar-refractivity contribution in [2.24, 2.45) is 5.92 Å². The molecular weight excluding hydrogens is 272 g/mol. The third-order valence-corrected chi connectivity index (χ3v) is 4.06. The van der Waals surface area contributed by atoms with E-state index in [0.717, 1.165) is 31.4 Å². The SMILES string of the molecule is COc1cc(CN(C)CC2CCCC2O)ccc1[N+](=O)[O-]. The zero-order chi connectivity index (χ0) is 15.4. The van der Waals surface area contributed by atoms with Crippen LogP contribution < -0.4 is 4.74 Å². The van der Waals surface area contributed by atoms with Crippen LogP contribution in [0.15, 0.2) is 18.2 Å². The number of aliphatic hydroxyl groups excluding tert-OH is 1. The predicted molar refractivity (Wildman–Crippen MR) is 79.3 cm³/mol. The van der Waals surface area contributed by atoms with E-state index in [0.29, 0.717) is 12.5 Å². The van der Waals surface area contributed by atoms with Gasteiger partial charge in [-0.3, -0.25) is 10.1 Å². The Balaban J connectivity index is 2.00. The molecule has 0 aliphatic heterocycles. The number of hydrogen-bond donors (Lipinski definition) is 1. The van der Waals surface area contributed by atoms with Gasteiger partial charge >= 0.3 is 5.69 Å². The van der Waals surface area contributed by atoms with Crippen LogP contribution in [0, 0.1) is 16.0 Å². The van der Waals surface area contributed by atoms with Crippen molar-refractivity contribution in [3.63, 3.8) is 0 Å². The molecule has 1 saturated carbocycles. The van der Waals surface area contributed by atoms with Crippen molar-refractivity contribution in [3.8, 4) is 5.75 Å². The van der Waals surface area contributed by atoms with Gasteiger partial charge in [-0.25, -0.2) is 0 Å². The lowest BCUT2D eigenvalue weighted by molar-refractivity contribution is -0.385. The van der Waals surface area contributed by atoms with Gasteiger partial charge in [-0.05, 0) is 37.4 Å². The van der Waals surface area contributed by atoms with Crippen molar-refractivity contribution in [1.29, 1.82) is 0 Å². The molecule has 2 atom stereocenters. The fourth-order valence-electron chi connectivity index (χ4n) is 2.98. The lowest BCUT2D eigenvalue weighted by atomic mass is 10.1. The Morgan fingerprint density at radius 2 is 2.24 bits per heavy atom. The molecule has 1 aliphatic carbocycles. The minimum Gasteiger partial charge on any atom is -0.490 e. The fraction of sp³-hybridized carbons (Fsp3) is 0.600. The molecular formula is C15H22N2O4. The van der Waals surface area contributed by atoms with E-state index in [1.165, 1.54) is 13.2 Å². The normalized spacial score (nSPS) is 21.7. The molecule has 6 heteroatoms. The molecule has 0 spiro atoms. The highest BCUT2D eigenvalue weighted by molar-refractivity contribution is 5.48. The number of methoxy groups -OCH3 is 1. The van der Waals surface area contributed by atoms with Crippen molar-refractivity contribution in [2.45, 2.75) is 31.9 Å². The van der Waals surface area contributed by atoms with E-state index in [1.54, 1.807) is 12.1 Å². The molecule has 0 aromatic heterocycles. The number of nitrogens with zero attached hydrogens (tertiary/aromatic N) is 2. The molecule has 1 N–H and O–H groups in total. The molecule has 0 amide bonds. The molecule has 21 heavy (non-hydrogen) atoms. The molecule has 0 radical (unpaired) electrons. The summed E-state index contributed by atoms with van der Waals surface area (Å²) in [6.07, 6.45) is 2.85. The number of hydrogen-bond acceptors (Lipinski definition) is 5. The molecule has 1 aliphatic rings. The van der Waals surface area contributed by atoms with Crippen LogP contribution in [0.4, 0.5) is 5.69 Å². The molecule has 1 fully saturated rings. The Morgan fingerprint density at radius 1 is 1.48 bits per heavy atom. The summed E-state index contributed by atoms with van der Waals surface area (Å²) in [4.78, 5) is 12.6. The summed E-state index contributed by atoms with van der Waals surface area (Å²) in [6, 6.07) is 4.94. The van der Waals surface area contributed by atoms with Crippen LogP contribution in [0.2, 0.25) is 0 Å². The molecule has 0 heterocycles. The van der Waals surface area contributed by atoms with Crippen molar-refractivity contribution < 1.29 is 14.8 Å². The van der Waals surface area contributed by atoms with Crippen LogP contribution in [-0.2, 0) is 6.54 Å². The van der Waals surface area contributed by atoms with E-state index in [1.807, 2.05) is 7.05 Å². The van der Waals surface area contributed by atoms with Gasteiger partial charge in [-0.1, -0.05) is 12.5 Å². The second-order valence-electron chi connectivity index (χ2n) is 5.72. The standard InChI is InChI=1S/C15H22N2O4/c1-16(10-12-4-3-5-14(12)18)9-11-6-7-13(17(19)20)15(8-11)21-2/h6-8,12,14,18H,3-5,9-10H2,1-2H3. The monoisotopic (exact) mass is 294 g/mol. The van der Waals surface area contributed by atoms with Crippen LogP contribution in [-0.4, -0.2) is 41.7 Å². The van der Waals surface area contributed by atoms with Crippen LogP contribution in [0.5, 0.6) is 5.75 Å². The summed E-state index contributed by atoms with van der Waals surface area (Å²) in [6.45, 7) is 1.51. The van der Waals surface area contributed by atoms with E-state index in [4.69, 9.17) is 4.74 Å². The smallest absolute Gasteiger partial charge is 0.310 e. The lowest BCUT2D eigenvalue weighted by Gasteiger charge is -2.23. The molecule has 2 unspecified atom stereocenters. The van der Waals surface area contributed by atoms with E-state index in [-0.39, 0.29) is 17.5 Å². The molecule has 0 bridgehead atoms. The van der Waals surface area contributed by atoms with E-state index >= 15 is 0 Å². The van der Waals surface area contributed by atoms with Crippen molar-refractivity contribution in [2.75, 3.05) is 20.7 Å². The summed E-state index contributed by atoms with van der Waals surface area (Å²) in [5, 5.41) is 20.7. The molecule has 2 rings (SSSR count). The van der Waals surface area contributed by atoms with E-state index in [9.17, 15) is 15.2 Å². The van der Waals surface area contributed by atoms with Crippen molar-refractivity contribution in [3.05, 3.63) is 33.9 Å². The molecule has 6 nitrogen and oxygen atoms in total. The van der Waals surface area contributed by atoms with E-state index < -0.39 is 4.92 Å². The lowest BCUT2D eigenvalue weighted by Crippen LogP contribution is -2.29. The first-order valence-corrected chi connectivity index (χ1v) is 7.19. The minimum atomic E-state index is -0.443. The van der Waals surface area contributed by atoms with Gasteiger partial charge in [0.25, 0.3) is 0 Å². The topological polar surface area (TPSA) is 75.8 Å². The zero-order valence-corrected chi connectivity index (χ0v) is 12.5. The van der Waals surface area contributed by atoms with Crippen LogP contribution in [0.3, 0.4) is 0 Å². The summed E-state index contributed by atoms with van der Waals surface area (Å²) >= 11 is 0. The van der Waals surface area contributed by atoms with Gasteiger partial charge in [0.1, 0.15) is 0 Å². The number of aliphatic hydroxyl groups is 1. The maximum absolute atomic E-state index is 10.9. The maximum Gasteiger partial charge on any atom is 0.310 e. The first-order chi connectivity index (χ1) is 10.0. The Hall–Kier alpha value is -1.66. The highest BCUT2D eigenvalue weighted by atomic mass is 16.6. The predicted octanol–water partition coefficient (Wildman–Crippen LogP) is 2.20. The number of nitro groups is 1. The molecule has 116 valence electrons. The number of benzene rings is 1. The van der Waals surface area contributed by atoms with Crippen molar-refractivity contribution in [1.82, 2.24) is 4.90 Å². The molecule has 1 aromatic rings. The van der Waals surface area contributed by atoms with Crippen LogP contribution in [0.25, 0.3) is 0 Å². The summed E-state index contributed by atoms with van der Waals surface area (Å²) in [5.74, 6) is 0.613. The fourth-order valence-corrected chi connectivity index (χ4v) is 2.98. The maximum atomic E-state index is 10.9. The van der Waals surface area contributed by atoms with Crippen LogP contribution >= 0.6 is 0 Å². The first-order valence-electron chi connectivity index (χ1n) is 7.19. The van der Waals surface area contributed by atoms with Gasteiger partial charge in [0.2, 0.25) is 0 Å². The number of rotatable bonds is 6. The summed E-state index contributed by atoms with van der Waals surface area (Å²) < 4.78 is 5.08. The Bertz CT molecular complexity index is 506. The number of nitro benzene ring substituents is 1. The second kappa shape index (κ2) is 6.87. The zero-order valence-electron chi connectivity index (χ0n) is 12.5. The number of ether oxygens (including phenoxy) is 1. The highest BCUT2D eigenvalue weighted by Gasteiger charge is 2.26. The highest BCUT2D eigenvalue weighted by Crippen LogP contribution is 2.29. The minimum absolute atomic E-state index is 0.0184. The molecule has 1 aromatic carbocycles. The van der Waals surface area contributed by atoms with E-state index in [2.05, 4.69) is 4.90 Å².